The minimum absolute atomic E-state index is 0.351. The molecule has 0 aliphatic carbocycles. The zero-order valence-corrected chi connectivity index (χ0v) is 10.1. The molecule has 0 amide bonds. The summed E-state index contributed by atoms with van der Waals surface area (Å²) in [7, 11) is 0. The van der Waals surface area contributed by atoms with E-state index in [4.69, 9.17) is 5.73 Å². The van der Waals surface area contributed by atoms with Gasteiger partial charge >= 0.3 is 6.18 Å². The number of benzene rings is 1. The van der Waals surface area contributed by atoms with E-state index in [0.717, 1.165) is 12.1 Å². The van der Waals surface area contributed by atoms with E-state index in [0.29, 0.717) is 22.7 Å². The van der Waals surface area contributed by atoms with Crippen molar-refractivity contribution in [2.45, 2.75) is 6.18 Å². The summed E-state index contributed by atoms with van der Waals surface area (Å²) in [6.07, 6.45) is -2.70. The zero-order valence-electron chi connectivity index (χ0n) is 10.1. The normalized spacial score (nSPS) is 11.9. The average Bonchev–Trinajstić information content (AvgIpc) is 2.80. The van der Waals surface area contributed by atoms with E-state index in [2.05, 4.69) is 10.1 Å². The summed E-state index contributed by atoms with van der Waals surface area (Å²) in [5.74, 6) is 0.351. The van der Waals surface area contributed by atoms with Gasteiger partial charge in [0.15, 0.2) is 11.5 Å². The second kappa shape index (κ2) is 4.22. The van der Waals surface area contributed by atoms with Crippen LogP contribution < -0.4 is 5.73 Å². The summed E-state index contributed by atoms with van der Waals surface area (Å²) in [6.45, 7) is 0. The minimum Gasteiger partial charge on any atom is -0.399 e. The van der Waals surface area contributed by atoms with Crippen LogP contribution in [-0.4, -0.2) is 14.6 Å². The summed E-state index contributed by atoms with van der Waals surface area (Å²) in [5, 5.41) is 4.18. The first-order valence-corrected chi connectivity index (χ1v) is 5.73. The number of anilines is 1. The molecule has 0 atom stereocenters. The molecule has 7 heteroatoms. The molecule has 3 rings (SSSR count). The highest BCUT2D eigenvalue weighted by atomic mass is 19.4. The number of rotatable bonds is 1. The maximum Gasteiger partial charge on any atom is 0.416 e. The van der Waals surface area contributed by atoms with Crippen LogP contribution in [-0.2, 0) is 6.18 Å². The summed E-state index contributed by atoms with van der Waals surface area (Å²) < 4.78 is 39.0. The van der Waals surface area contributed by atoms with Crippen LogP contribution in [0.4, 0.5) is 18.9 Å². The Labute approximate surface area is 111 Å². The molecule has 0 radical (unpaired) electrons. The van der Waals surface area contributed by atoms with Gasteiger partial charge in [-0.1, -0.05) is 12.1 Å². The third-order valence-electron chi connectivity index (χ3n) is 2.83. The van der Waals surface area contributed by atoms with Crippen molar-refractivity contribution < 1.29 is 13.2 Å². The van der Waals surface area contributed by atoms with Crippen molar-refractivity contribution in [3.63, 3.8) is 0 Å². The molecule has 0 aliphatic heterocycles. The van der Waals surface area contributed by atoms with E-state index in [-0.39, 0.29) is 0 Å². The Morgan fingerprint density at radius 3 is 2.40 bits per heavy atom. The lowest BCUT2D eigenvalue weighted by atomic mass is 10.1. The van der Waals surface area contributed by atoms with Gasteiger partial charge in [-0.3, -0.25) is 0 Å². The molecular formula is C13H9F3N4. The molecule has 1 aromatic carbocycles. The molecule has 4 nitrogen and oxygen atoms in total. The lowest BCUT2D eigenvalue weighted by Crippen LogP contribution is -2.04. The Hall–Kier alpha value is -2.57. The maximum atomic E-state index is 12.5. The molecule has 2 N–H and O–H groups in total. The van der Waals surface area contributed by atoms with Crippen molar-refractivity contribution in [1.29, 1.82) is 0 Å². The van der Waals surface area contributed by atoms with Crippen molar-refractivity contribution in [3.05, 3.63) is 48.2 Å². The third kappa shape index (κ3) is 2.18. The minimum atomic E-state index is -4.35. The molecule has 0 fully saturated rings. The molecule has 0 spiro atoms. The standard InChI is InChI=1S/C13H9F3N4/c14-13(15,16)9-3-1-8(2-4-9)12-18-11-7-10(17)5-6-20(11)19-12/h1-7H,17H2. The van der Waals surface area contributed by atoms with Crippen LogP contribution in [0.3, 0.4) is 0 Å². The Bertz CT molecular complexity index is 759. The number of aromatic nitrogens is 3. The third-order valence-corrected chi connectivity index (χ3v) is 2.83. The number of nitrogen functional groups attached to an aromatic ring is 1. The molecule has 0 bridgehead atoms. The quantitative estimate of drug-likeness (QED) is 0.744. The second-order valence-corrected chi connectivity index (χ2v) is 4.27. The predicted molar refractivity (Wildman–Crippen MR) is 67.8 cm³/mol. The van der Waals surface area contributed by atoms with Gasteiger partial charge < -0.3 is 5.73 Å². The highest BCUT2D eigenvalue weighted by Crippen LogP contribution is 2.30. The molecule has 2 aromatic heterocycles. The fourth-order valence-corrected chi connectivity index (χ4v) is 1.83. The molecule has 3 aromatic rings. The summed E-state index contributed by atoms with van der Waals surface area (Å²) in [6, 6.07) is 8.02. The molecule has 0 saturated carbocycles. The van der Waals surface area contributed by atoms with Crippen molar-refractivity contribution in [3.8, 4) is 11.4 Å². The van der Waals surface area contributed by atoms with Gasteiger partial charge in [-0.15, -0.1) is 5.10 Å². The van der Waals surface area contributed by atoms with E-state index >= 15 is 0 Å². The van der Waals surface area contributed by atoms with Crippen LogP contribution in [0.1, 0.15) is 5.56 Å². The molecule has 0 aliphatic rings. The number of alkyl halides is 3. The molecule has 0 unspecified atom stereocenters. The maximum absolute atomic E-state index is 12.5. The zero-order chi connectivity index (χ0) is 14.3. The van der Waals surface area contributed by atoms with Crippen molar-refractivity contribution >= 4 is 11.3 Å². The lowest BCUT2D eigenvalue weighted by molar-refractivity contribution is -0.137. The van der Waals surface area contributed by atoms with Crippen LogP contribution in [0.25, 0.3) is 17.0 Å². The summed E-state index contributed by atoms with van der Waals surface area (Å²) in [4.78, 5) is 4.23. The Balaban J connectivity index is 2.02. The van der Waals surface area contributed by atoms with Gasteiger partial charge in [0.25, 0.3) is 0 Å². The topological polar surface area (TPSA) is 56.2 Å². The average molecular weight is 278 g/mol. The molecule has 2 heterocycles. The number of hydrogen-bond donors (Lipinski definition) is 1. The van der Waals surface area contributed by atoms with Crippen LogP contribution in [0.5, 0.6) is 0 Å². The number of pyridine rings is 1. The smallest absolute Gasteiger partial charge is 0.399 e. The van der Waals surface area contributed by atoms with Crippen LogP contribution >= 0.6 is 0 Å². The number of fused-ring (bicyclic) bond motifs is 1. The molecular weight excluding hydrogens is 269 g/mol. The van der Waals surface area contributed by atoms with Gasteiger partial charge in [0.2, 0.25) is 0 Å². The van der Waals surface area contributed by atoms with Crippen molar-refractivity contribution in [1.82, 2.24) is 14.6 Å². The lowest BCUT2D eigenvalue weighted by Gasteiger charge is -2.05. The van der Waals surface area contributed by atoms with E-state index in [9.17, 15) is 13.2 Å². The summed E-state index contributed by atoms with van der Waals surface area (Å²) >= 11 is 0. The van der Waals surface area contributed by atoms with E-state index in [1.165, 1.54) is 16.6 Å². The predicted octanol–water partition coefficient (Wildman–Crippen LogP) is 3.00. The van der Waals surface area contributed by atoms with E-state index in [1.807, 2.05) is 0 Å². The van der Waals surface area contributed by atoms with E-state index in [1.54, 1.807) is 18.3 Å². The number of hydrogen-bond acceptors (Lipinski definition) is 3. The van der Waals surface area contributed by atoms with Gasteiger partial charge in [-0.25, -0.2) is 9.50 Å². The number of nitrogens with two attached hydrogens (primary N) is 1. The highest BCUT2D eigenvalue weighted by Gasteiger charge is 2.30. The SMILES string of the molecule is Nc1ccn2nc(-c3ccc(C(F)(F)F)cc3)nc2c1. The van der Waals surface area contributed by atoms with Gasteiger partial charge in [0.05, 0.1) is 5.56 Å². The van der Waals surface area contributed by atoms with Crippen LogP contribution in [0.2, 0.25) is 0 Å². The van der Waals surface area contributed by atoms with Gasteiger partial charge in [0.1, 0.15) is 0 Å². The fraction of sp³-hybridized carbons (Fsp3) is 0.0769. The van der Waals surface area contributed by atoms with Crippen LogP contribution in [0.15, 0.2) is 42.6 Å². The van der Waals surface area contributed by atoms with E-state index < -0.39 is 11.7 Å². The number of halogens is 3. The largest absolute Gasteiger partial charge is 0.416 e. The molecule has 20 heavy (non-hydrogen) atoms. The first-order chi connectivity index (χ1) is 9.43. The fourth-order valence-electron chi connectivity index (χ4n) is 1.83. The molecule has 0 saturated heterocycles. The number of nitrogens with zero attached hydrogens (tertiary/aromatic N) is 3. The van der Waals surface area contributed by atoms with Gasteiger partial charge in [-0.05, 0) is 18.2 Å². The summed E-state index contributed by atoms with van der Waals surface area (Å²) in [5.41, 5.74) is 6.53. The first kappa shape index (κ1) is 12.5. The van der Waals surface area contributed by atoms with Gasteiger partial charge in [-0.2, -0.15) is 13.2 Å². The van der Waals surface area contributed by atoms with Crippen molar-refractivity contribution in [2.75, 3.05) is 5.73 Å². The Morgan fingerprint density at radius 2 is 1.75 bits per heavy atom. The first-order valence-electron chi connectivity index (χ1n) is 5.73. The highest BCUT2D eigenvalue weighted by molar-refractivity contribution is 5.60. The Kier molecular flexibility index (Phi) is 2.63. The molecule has 102 valence electrons. The van der Waals surface area contributed by atoms with Crippen molar-refractivity contribution in [2.24, 2.45) is 0 Å². The van der Waals surface area contributed by atoms with Gasteiger partial charge in [0, 0.05) is 23.5 Å². The Morgan fingerprint density at radius 1 is 1.05 bits per heavy atom. The second-order valence-electron chi connectivity index (χ2n) is 4.27. The monoisotopic (exact) mass is 278 g/mol. The van der Waals surface area contributed by atoms with Crippen LogP contribution in [0, 0.1) is 0 Å².